The molecule has 2 rings (SSSR count). The molecule has 3 N–H and O–H groups in total. The van der Waals surface area contributed by atoms with Crippen LogP contribution in [-0.4, -0.2) is 8.42 Å². The number of nitrogens with two attached hydrogens (primary N) is 1. The summed E-state index contributed by atoms with van der Waals surface area (Å²) in [7, 11) is -3.72. The smallest absolute Gasteiger partial charge is 0.262 e. The van der Waals surface area contributed by atoms with E-state index in [4.69, 9.17) is 17.3 Å². The molecule has 0 fully saturated rings. The lowest BCUT2D eigenvalue weighted by molar-refractivity contribution is 0.600. The SMILES string of the molecule is Cc1c(N)cc(Br)cc1S(=O)(=O)Nc1cccc(Cl)c1. The third kappa shape index (κ3) is 3.26. The highest BCUT2D eigenvalue weighted by Gasteiger charge is 2.19. The number of benzene rings is 2. The van der Waals surface area contributed by atoms with E-state index in [-0.39, 0.29) is 4.90 Å². The summed E-state index contributed by atoms with van der Waals surface area (Å²) in [5, 5.41) is 0.454. The highest BCUT2D eigenvalue weighted by atomic mass is 79.9. The van der Waals surface area contributed by atoms with E-state index < -0.39 is 10.0 Å². The molecule has 0 amide bonds. The standard InChI is InChI=1S/C13H12BrClN2O2S/c1-8-12(16)5-9(14)6-13(8)20(18,19)17-11-4-2-3-10(15)7-11/h2-7,17H,16H2,1H3. The van der Waals surface area contributed by atoms with Gasteiger partial charge in [0.2, 0.25) is 0 Å². The molecular formula is C13H12BrClN2O2S. The second-order valence-electron chi connectivity index (χ2n) is 4.23. The van der Waals surface area contributed by atoms with Gasteiger partial charge in [-0.3, -0.25) is 4.72 Å². The molecule has 0 aromatic heterocycles. The summed E-state index contributed by atoms with van der Waals surface area (Å²) in [6, 6.07) is 9.67. The summed E-state index contributed by atoms with van der Waals surface area (Å²) < 4.78 is 27.9. The van der Waals surface area contributed by atoms with Gasteiger partial charge in [-0.2, -0.15) is 0 Å². The van der Waals surface area contributed by atoms with Crippen molar-refractivity contribution in [3.05, 3.63) is 51.5 Å². The minimum absolute atomic E-state index is 0.129. The van der Waals surface area contributed by atoms with Gasteiger partial charge in [0.1, 0.15) is 0 Å². The maximum absolute atomic E-state index is 12.4. The first kappa shape index (κ1) is 15.2. The maximum atomic E-state index is 12.4. The summed E-state index contributed by atoms with van der Waals surface area (Å²) in [6.45, 7) is 1.66. The van der Waals surface area contributed by atoms with Crippen LogP contribution in [0.4, 0.5) is 11.4 Å². The molecule has 0 atom stereocenters. The van der Waals surface area contributed by atoms with Crippen LogP contribution in [-0.2, 0) is 10.0 Å². The molecule has 0 heterocycles. The van der Waals surface area contributed by atoms with Crippen molar-refractivity contribution in [1.29, 1.82) is 0 Å². The van der Waals surface area contributed by atoms with Crippen LogP contribution in [0.15, 0.2) is 45.8 Å². The molecule has 7 heteroatoms. The van der Waals surface area contributed by atoms with Crippen molar-refractivity contribution >= 4 is 48.9 Å². The Morgan fingerprint density at radius 1 is 1.25 bits per heavy atom. The first-order valence-corrected chi connectivity index (χ1v) is 8.29. The molecule has 0 unspecified atom stereocenters. The molecule has 20 heavy (non-hydrogen) atoms. The lowest BCUT2D eigenvalue weighted by atomic mass is 10.2. The van der Waals surface area contributed by atoms with Crippen LogP contribution in [0, 0.1) is 6.92 Å². The van der Waals surface area contributed by atoms with Crippen LogP contribution in [0.3, 0.4) is 0 Å². The Morgan fingerprint density at radius 2 is 1.95 bits per heavy atom. The number of halogens is 2. The number of nitrogen functional groups attached to an aromatic ring is 1. The zero-order valence-electron chi connectivity index (χ0n) is 10.5. The summed E-state index contributed by atoms with van der Waals surface area (Å²) in [4.78, 5) is 0.129. The molecule has 0 aliphatic heterocycles. The Kier molecular flexibility index (Phi) is 4.27. The second-order valence-corrected chi connectivity index (χ2v) is 7.24. The van der Waals surface area contributed by atoms with Gasteiger partial charge in [-0.15, -0.1) is 0 Å². The maximum Gasteiger partial charge on any atom is 0.262 e. The average molecular weight is 376 g/mol. The van der Waals surface area contributed by atoms with E-state index in [1.165, 1.54) is 12.1 Å². The van der Waals surface area contributed by atoms with Gasteiger partial charge in [0.05, 0.1) is 10.6 Å². The van der Waals surface area contributed by atoms with Gasteiger partial charge in [0.15, 0.2) is 0 Å². The number of anilines is 2. The Morgan fingerprint density at radius 3 is 2.60 bits per heavy atom. The lowest BCUT2D eigenvalue weighted by Gasteiger charge is -2.12. The molecule has 0 saturated heterocycles. The fourth-order valence-corrected chi connectivity index (χ4v) is 3.88. The summed E-state index contributed by atoms with van der Waals surface area (Å²) in [5.41, 5.74) is 7.10. The summed E-state index contributed by atoms with van der Waals surface area (Å²) in [5.74, 6) is 0. The van der Waals surface area contributed by atoms with Crippen LogP contribution >= 0.6 is 27.5 Å². The molecule has 4 nitrogen and oxygen atoms in total. The summed E-state index contributed by atoms with van der Waals surface area (Å²) >= 11 is 9.08. The largest absolute Gasteiger partial charge is 0.398 e. The van der Waals surface area contributed by atoms with Gasteiger partial charge in [-0.05, 0) is 42.8 Å². The molecule has 2 aromatic rings. The van der Waals surface area contributed by atoms with Gasteiger partial charge in [0, 0.05) is 15.2 Å². The van der Waals surface area contributed by atoms with E-state index >= 15 is 0 Å². The molecule has 0 saturated carbocycles. The third-order valence-corrected chi connectivity index (χ3v) is 4.93. The Bertz CT molecular complexity index is 763. The Balaban J connectivity index is 2.46. The van der Waals surface area contributed by atoms with Crippen LogP contribution in [0.25, 0.3) is 0 Å². The first-order chi connectivity index (χ1) is 9.29. The van der Waals surface area contributed by atoms with Crippen molar-refractivity contribution in [1.82, 2.24) is 0 Å². The van der Waals surface area contributed by atoms with Gasteiger partial charge < -0.3 is 5.73 Å². The Labute approximate surface area is 131 Å². The number of sulfonamides is 1. The van der Waals surface area contributed by atoms with Crippen molar-refractivity contribution in [3.63, 3.8) is 0 Å². The zero-order valence-corrected chi connectivity index (χ0v) is 13.7. The minimum Gasteiger partial charge on any atom is -0.398 e. The van der Waals surface area contributed by atoms with Gasteiger partial charge >= 0.3 is 0 Å². The van der Waals surface area contributed by atoms with Gasteiger partial charge in [-0.1, -0.05) is 33.6 Å². The van der Waals surface area contributed by atoms with E-state index in [0.29, 0.717) is 26.4 Å². The third-order valence-electron chi connectivity index (χ3n) is 2.73. The first-order valence-electron chi connectivity index (χ1n) is 5.63. The minimum atomic E-state index is -3.72. The lowest BCUT2D eigenvalue weighted by Crippen LogP contribution is -2.15. The van der Waals surface area contributed by atoms with Gasteiger partial charge in [-0.25, -0.2) is 8.42 Å². The molecule has 106 valence electrons. The van der Waals surface area contributed by atoms with Crippen molar-refractivity contribution in [2.75, 3.05) is 10.5 Å². The highest BCUT2D eigenvalue weighted by molar-refractivity contribution is 9.10. The molecule has 2 aromatic carbocycles. The predicted molar refractivity (Wildman–Crippen MR) is 85.6 cm³/mol. The summed E-state index contributed by atoms with van der Waals surface area (Å²) in [6.07, 6.45) is 0. The van der Waals surface area contributed by atoms with Crippen molar-refractivity contribution in [3.8, 4) is 0 Å². The molecule has 0 aliphatic carbocycles. The van der Waals surface area contributed by atoms with E-state index in [2.05, 4.69) is 20.7 Å². The number of hydrogen-bond donors (Lipinski definition) is 2. The fraction of sp³-hybridized carbons (Fsp3) is 0.0769. The van der Waals surface area contributed by atoms with E-state index in [1.54, 1.807) is 31.2 Å². The van der Waals surface area contributed by atoms with E-state index in [0.717, 1.165) is 0 Å². The zero-order chi connectivity index (χ0) is 14.9. The monoisotopic (exact) mass is 374 g/mol. The van der Waals surface area contributed by atoms with Crippen LogP contribution in [0.1, 0.15) is 5.56 Å². The van der Waals surface area contributed by atoms with Crippen LogP contribution in [0.5, 0.6) is 0 Å². The van der Waals surface area contributed by atoms with Gasteiger partial charge in [0.25, 0.3) is 10.0 Å². The van der Waals surface area contributed by atoms with Crippen molar-refractivity contribution in [2.24, 2.45) is 0 Å². The number of rotatable bonds is 3. The van der Waals surface area contributed by atoms with E-state index in [1.807, 2.05) is 0 Å². The topological polar surface area (TPSA) is 72.2 Å². The molecule has 0 bridgehead atoms. The quantitative estimate of drug-likeness (QED) is 0.802. The van der Waals surface area contributed by atoms with E-state index in [9.17, 15) is 8.42 Å². The van der Waals surface area contributed by atoms with Crippen molar-refractivity contribution < 1.29 is 8.42 Å². The molecule has 0 radical (unpaired) electrons. The molecule has 0 spiro atoms. The van der Waals surface area contributed by atoms with Crippen LogP contribution < -0.4 is 10.5 Å². The normalized spacial score (nSPS) is 11.3. The van der Waals surface area contributed by atoms with Crippen molar-refractivity contribution in [2.45, 2.75) is 11.8 Å². The number of hydrogen-bond acceptors (Lipinski definition) is 3. The second kappa shape index (κ2) is 5.63. The predicted octanol–water partition coefficient (Wildman–Crippen LogP) is 3.79. The Hall–Kier alpha value is -1.24. The molecule has 0 aliphatic rings. The highest BCUT2D eigenvalue weighted by Crippen LogP contribution is 2.28. The van der Waals surface area contributed by atoms with Crippen LogP contribution in [0.2, 0.25) is 5.02 Å². The molecular weight excluding hydrogens is 364 g/mol. The number of nitrogens with one attached hydrogen (secondary N) is 1. The fourth-order valence-electron chi connectivity index (χ4n) is 1.72. The average Bonchev–Trinajstić information content (AvgIpc) is 2.33.